The molecule has 1 aromatic rings. The molecule has 0 aliphatic rings. The second-order valence-corrected chi connectivity index (χ2v) is 3.15. The number of amides is 1. The first-order chi connectivity index (χ1) is 6.63. The van der Waals surface area contributed by atoms with Crippen molar-refractivity contribution in [2.75, 3.05) is 0 Å². The lowest BCUT2D eigenvalue weighted by atomic mass is 10.2. The molecule has 76 valence electrons. The van der Waals surface area contributed by atoms with Gasteiger partial charge in [0.25, 0.3) is 5.91 Å². The van der Waals surface area contributed by atoms with E-state index in [0.29, 0.717) is 5.56 Å². The Morgan fingerprint density at radius 3 is 2.86 bits per heavy atom. The van der Waals surface area contributed by atoms with E-state index in [2.05, 4.69) is 10.3 Å². The summed E-state index contributed by atoms with van der Waals surface area (Å²) in [5.41, 5.74) is 0.381. The monoisotopic (exact) mass is 196 g/mol. The highest BCUT2D eigenvalue weighted by molar-refractivity contribution is 5.93. The summed E-state index contributed by atoms with van der Waals surface area (Å²) in [4.78, 5) is 14.9. The first-order valence-corrected chi connectivity index (χ1v) is 4.56. The number of hydrogen-bond donors (Lipinski definition) is 1. The summed E-state index contributed by atoms with van der Waals surface area (Å²) in [5, 5.41) is 2.76. The summed E-state index contributed by atoms with van der Waals surface area (Å²) in [5.74, 6) is -0.795. The first kappa shape index (κ1) is 10.6. The largest absolute Gasteiger partial charge is 0.350 e. The highest BCUT2D eigenvalue weighted by Crippen LogP contribution is 2.00. The zero-order valence-corrected chi connectivity index (χ0v) is 8.25. The van der Waals surface area contributed by atoms with E-state index < -0.39 is 5.95 Å². The van der Waals surface area contributed by atoms with Crippen LogP contribution in [0.15, 0.2) is 18.3 Å². The van der Waals surface area contributed by atoms with Crippen molar-refractivity contribution in [1.29, 1.82) is 0 Å². The number of carbonyl (C=O) groups is 1. The number of aromatic nitrogens is 1. The molecule has 0 aromatic carbocycles. The molecule has 0 aliphatic carbocycles. The standard InChI is InChI=1S/C10H13FN2O/c1-3-7(2)13-10(14)8-4-5-9(11)12-6-8/h4-7H,3H2,1-2H3,(H,13,14). The summed E-state index contributed by atoms with van der Waals surface area (Å²) < 4.78 is 12.4. The minimum absolute atomic E-state index is 0.118. The molecule has 0 radical (unpaired) electrons. The van der Waals surface area contributed by atoms with Crippen molar-refractivity contribution < 1.29 is 9.18 Å². The van der Waals surface area contributed by atoms with E-state index in [0.717, 1.165) is 6.42 Å². The van der Waals surface area contributed by atoms with Gasteiger partial charge in [-0.25, -0.2) is 4.98 Å². The number of rotatable bonds is 3. The Hall–Kier alpha value is -1.45. The van der Waals surface area contributed by atoms with E-state index in [4.69, 9.17) is 0 Å². The van der Waals surface area contributed by atoms with Crippen molar-refractivity contribution in [3.8, 4) is 0 Å². The summed E-state index contributed by atoms with van der Waals surface area (Å²) in [6.45, 7) is 3.89. The molecule has 14 heavy (non-hydrogen) atoms. The number of nitrogens with zero attached hydrogens (tertiary/aromatic N) is 1. The summed E-state index contributed by atoms with van der Waals surface area (Å²) in [6.07, 6.45) is 2.09. The summed E-state index contributed by atoms with van der Waals surface area (Å²) >= 11 is 0. The minimum atomic E-state index is -0.579. The Morgan fingerprint density at radius 2 is 2.36 bits per heavy atom. The van der Waals surface area contributed by atoms with Gasteiger partial charge in [-0.3, -0.25) is 4.79 Å². The molecule has 1 heterocycles. The molecule has 0 spiro atoms. The van der Waals surface area contributed by atoms with E-state index >= 15 is 0 Å². The van der Waals surface area contributed by atoms with Gasteiger partial charge < -0.3 is 5.32 Å². The molecule has 1 amide bonds. The third-order valence-corrected chi connectivity index (χ3v) is 1.98. The zero-order chi connectivity index (χ0) is 10.6. The quantitative estimate of drug-likeness (QED) is 0.748. The average molecular weight is 196 g/mol. The number of nitrogens with one attached hydrogen (secondary N) is 1. The van der Waals surface area contributed by atoms with E-state index in [-0.39, 0.29) is 11.9 Å². The Morgan fingerprint density at radius 1 is 1.64 bits per heavy atom. The molecule has 1 atom stereocenters. The number of carbonyl (C=O) groups excluding carboxylic acids is 1. The predicted molar refractivity (Wildman–Crippen MR) is 51.4 cm³/mol. The molecule has 1 rings (SSSR count). The van der Waals surface area contributed by atoms with Crippen LogP contribution >= 0.6 is 0 Å². The van der Waals surface area contributed by atoms with E-state index in [1.54, 1.807) is 0 Å². The maximum absolute atomic E-state index is 12.4. The van der Waals surface area contributed by atoms with Crippen molar-refractivity contribution in [2.24, 2.45) is 0 Å². The molecule has 0 fully saturated rings. The van der Waals surface area contributed by atoms with Crippen LogP contribution in [-0.4, -0.2) is 16.9 Å². The van der Waals surface area contributed by atoms with Crippen molar-refractivity contribution in [1.82, 2.24) is 10.3 Å². The number of pyridine rings is 1. The molecule has 1 unspecified atom stereocenters. The lowest BCUT2D eigenvalue weighted by molar-refractivity contribution is 0.0939. The van der Waals surface area contributed by atoms with Crippen LogP contribution in [0.2, 0.25) is 0 Å². The van der Waals surface area contributed by atoms with E-state index in [9.17, 15) is 9.18 Å². The van der Waals surface area contributed by atoms with Gasteiger partial charge in [0.2, 0.25) is 5.95 Å². The molecular formula is C10H13FN2O. The fraction of sp³-hybridized carbons (Fsp3) is 0.400. The van der Waals surface area contributed by atoms with Crippen LogP contribution in [0, 0.1) is 5.95 Å². The minimum Gasteiger partial charge on any atom is -0.350 e. The lowest BCUT2D eigenvalue weighted by Crippen LogP contribution is -2.31. The van der Waals surface area contributed by atoms with Gasteiger partial charge in [0.15, 0.2) is 0 Å². The van der Waals surface area contributed by atoms with Gasteiger partial charge in [-0.2, -0.15) is 4.39 Å². The molecule has 3 nitrogen and oxygen atoms in total. The maximum Gasteiger partial charge on any atom is 0.253 e. The van der Waals surface area contributed by atoms with Crippen LogP contribution in [0.1, 0.15) is 30.6 Å². The molecule has 0 saturated heterocycles. The molecule has 0 aliphatic heterocycles. The van der Waals surface area contributed by atoms with Crippen LogP contribution in [0.25, 0.3) is 0 Å². The fourth-order valence-electron chi connectivity index (χ4n) is 0.919. The second-order valence-electron chi connectivity index (χ2n) is 3.15. The van der Waals surface area contributed by atoms with Crippen molar-refractivity contribution >= 4 is 5.91 Å². The maximum atomic E-state index is 12.4. The van der Waals surface area contributed by atoms with Crippen LogP contribution in [0.3, 0.4) is 0 Å². The third kappa shape index (κ3) is 2.80. The molecule has 4 heteroatoms. The average Bonchev–Trinajstić information content (AvgIpc) is 2.18. The third-order valence-electron chi connectivity index (χ3n) is 1.98. The van der Waals surface area contributed by atoms with E-state index in [1.165, 1.54) is 18.3 Å². The molecule has 1 N–H and O–H groups in total. The van der Waals surface area contributed by atoms with Gasteiger partial charge in [0.05, 0.1) is 5.56 Å². The van der Waals surface area contributed by atoms with Crippen LogP contribution in [-0.2, 0) is 0 Å². The summed E-state index contributed by atoms with van der Waals surface area (Å²) in [7, 11) is 0. The molecule has 1 aromatic heterocycles. The van der Waals surface area contributed by atoms with Crippen molar-refractivity contribution in [3.63, 3.8) is 0 Å². The van der Waals surface area contributed by atoms with Gasteiger partial charge in [-0.05, 0) is 25.5 Å². The SMILES string of the molecule is CCC(C)NC(=O)c1ccc(F)nc1. The first-order valence-electron chi connectivity index (χ1n) is 4.56. The number of halogens is 1. The summed E-state index contributed by atoms with van der Waals surface area (Å²) in [6, 6.07) is 2.71. The molecular weight excluding hydrogens is 183 g/mol. The Balaban J connectivity index is 2.65. The highest BCUT2D eigenvalue weighted by Gasteiger charge is 2.08. The van der Waals surface area contributed by atoms with Crippen molar-refractivity contribution in [2.45, 2.75) is 26.3 Å². The Bertz CT molecular complexity index is 310. The zero-order valence-electron chi connectivity index (χ0n) is 8.25. The van der Waals surface area contributed by atoms with E-state index in [1.807, 2.05) is 13.8 Å². The normalized spacial score (nSPS) is 12.2. The van der Waals surface area contributed by atoms with Gasteiger partial charge in [0, 0.05) is 12.2 Å². The van der Waals surface area contributed by atoms with Crippen LogP contribution in [0.5, 0.6) is 0 Å². The van der Waals surface area contributed by atoms with Gasteiger partial charge >= 0.3 is 0 Å². The lowest BCUT2D eigenvalue weighted by Gasteiger charge is -2.10. The topological polar surface area (TPSA) is 42.0 Å². The van der Waals surface area contributed by atoms with Gasteiger partial charge in [-0.1, -0.05) is 6.92 Å². The fourth-order valence-corrected chi connectivity index (χ4v) is 0.919. The van der Waals surface area contributed by atoms with Gasteiger partial charge in [-0.15, -0.1) is 0 Å². The van der Waals surface area contributed by atoms with Crippen LogP contribution in [0.4, 0.5) is 4.39 Å². The Kier molecular flexibility index (Phi) is 3.56. The van der Waals surface area contributed by atoms with Crippen LogP contribution < -0.4 is 5.32 Å². The Labute approximate surface area is 82.4 Å². The molecule has 0 bridgehead atoms. The molecule has 0 saturated carbocycles. The number of hydrogen-bond acceptors (Lipinski definition) is 2. The highest BCUT2D eigenvalue weighted by atomic mass is 19.1. The second kappa shape index (κ2) is 4.69. The van der Waals surface area contributed by atoms with Crippen molar-refractivity contribution in [3.05, 3.63) is 29.8 Å². The predicted octanol–water partition coefficient (Wildman–Crippen LogP) is 1.75. The van der Waals surface area contributed by atoms with Gasteiger partial charge in [0.1, 0.15) is 0 Å². The smallest absolute Gasteiger partial charge is 0.253 e.